The van der Waals surface area contributed by atoms with Gasteiger partial charge in [0.25, 0.3) is 5.91 Å². The summed E-state index contributed by atoms with van der Waals surface area (Å²) < 4.78 is 18.9. The van der Waals surface area contributed by atoms with E-state index in [2.05, 4.69) is 10.3 Å². The molecule has 144 valence electrons. The van der Waals surface area contributed by atoms with E-state index < -0.39 is 0 Å². The molecule has 0 saturated carbocycles. The van der Waals surface area contributed by atoms with Crippen molar-refractivity contribution in [3.8, 4) is 22.8 Å². The largest absolute Gasteiger partial charge is 0.436 e. The monoisotopic (exact) mass is 386 g/mol. The molecule has 1 heterocycles. The molecule has 1 N–H and O–H groups in total. The second kappa shape index (κ2) is 8.52. The highest BCUT2D eigenvalue weighted by molar-refractivity contribution is 6.00. The van der Waals surface area contributed by atoms with Gasteiger partial charge in [0.1, 0.15) is 5.82 Å². The Balaban J connectivity index is 1.48. The van der Waals surface area contributed by atoms with Gasteiger partial charge in [-0.25, -0.2) is 9.37 Å². The summed E-state index contributed by atoms with van der Waals surface area (Å²) in [4.78, 5) is 17.1. The van der Waals surface area contributed by atoms with Gasteiger partial charge in [0.15, 0.2) is 5.76 Å². The number of benzene rings is 3. The maximum absolute atomic E-state index is 13.0. The smallest absolute Gasteiger partial charge is 0.252 e. The van der Waals surface area contributed by atoms with Gasteiger partial charge in [-0.15, -0.1) is 0 Å². The van der Waals surface area contributed by atoms with Crippen molar-refractivity contribution in [3.05, 3.63) is 102 Å². The van der Waals surface area contributed by atoms with Crippen LogP contribution in [-0.2, 0) is 6.42 Å². The first-order valence-electron chi connectivity index (χ1n) is 9.34. The first-order valence-corrected chi connectivity index (χ1v) is 9.34. The fourth-order valence-corrected chi connectivity index (χ4v) is 3.07. The summed E-state index contributed by atoms with van der Waals surface area (Å²) >= 11 is 0. The van der Waals surface area contributed by atoms with Crippen molar-refractivity contribution >= 4 is 5.91 Å². The van der Waals surface area contributed by atoms with Gasteiger partial charge in [-0.3, -0.25) is 4.79 Å². The van der Waals surface area contributed by atoms with Crippen LogP contribution in [0.5, 0.6) is 0 Å². The molecule has 0 spiro atoms. The Kier molecular flexibility index (Phi) is 5.47. The molecule has 29 heavy (non-hydrogen) atoms. The Labute approximate surface area is 168 Å². The van der Waals surface area contributed by atoms with Crippen molar-refractivity contribution in [2.24, 2.45) is 0 Å². The summed E-state index contributed by atoms with van der Waals surface area (Å²) in [7, 11) is 0. The lowest BCUT2D eigenvalue weighted by molar-refractivity contribution is 0.0954. The summed E-state index contributed by atoms with van der Waals surface area (Å²) in [5, 5.41) is 2.91. The highest BCUT2D eigenvalue weighted by atomic mass is 19.1. The normalized spacial score (nSPS) is 10.7. The predicted octanol–water partition coefficient (Wildman–Crippen LogP) is 5.12. The summed E-state index contributed by atoms with van der Waals surface area (Å²) in [6, 6.07) is 23.2. The molecule has 1 amide bonds. The number of halogens is 1. The Morgan fingerprint density at radius 1 is 0.931 bits per heavy atom. The summed E-state index contributed by atoms with van der Waals surface area (Å²) in [6.07, 6.45) is 2.28. The molecule has 0 fully saturated rings. The van der Waals surface area contributed by atoms with Crippen LogP contribution in [0, 0.1) is 5.82 Å². The van der Waals surface area contributed by atoms with Crippen LogP contribution in [0.3, 0.4) is 0 Å². The van der Waals surface area contributed by atoms with E-state index in [1.807, 2.05) is 42.5 Å². The maximum Gasteiger partial charge on any atom is 0.252 e. The number of nitrogens with one attached hydrogen (secondary N) is 1. The van der Waals surface area contributed by atoms with E-state index in [0.717, 1.165) is 11.1 Å². The lowest BCUT2D eigenvalue weighted by Gasteiger charge is -2.08. The SMILES string of the molecule is O=C(NCCc1ccc(F)cc1)c1ccccc1-c1ncc(-c2ccccc2)o1. The summed E-state index contributed by atoms with van der Waals surface area (Å²) in [5.74, 6) is 0.565. The Hall–Kier alpha value is -3.73. The molecule has 4 nitrogen and oxygen atoms in total. The number of aromatic nitrogens is 1. The first-order chi connectivity index (χ1) is 14.2. The van der Waals surface area contributed by atoms with Crippen molar-refractivity contribution in [1.29, 1.82) is 0 Å². The van der Waals surface area contributed by atoms with Crippen molar-refractivity contribution in [1.82, 2.24) is 10.3 Å². The molecule has 0 aliphatic carbocycles. The molecule has 0 bridgehead atoms. The molecule has 0 unspecified atom stereocenters. The Morgan fingerprint density at radius 2 is 1.66 bits per heavy atom. The van der Waals surface area contributed by atoms with E-state index in [9.17, 15) is 9.18 Å². The topological polar surface area (TPSA) is 55.1 Å². The number of rotatable bonds is 6. The van der Waals surface area contributed by atoms with Crippen LogP contribution in [0.1, 0.15) is 15.9 Å². The van der Waals surface area contributed by atoms with Gasteiger partial charge in [0.2, 0.25) is 5.89 Å². The average Bonchev–Trinajstić information content (AvgIpc) is 3.26. The van der Waals surface area contributed by atoms with Gasteiger partial charge in [-0.05, 0) is 36.2 Å². The van der Waals surface area contributed by atoms with E-state index in [4.69, 9.17) is 4.42 Å². The van der Waals surface area contributed by atoms with E-state index in [1.54, 1.807) is 30.5 Å². The molecule has 1 aromatic heterocycles. The van der Waals surface area contributed by atoms with Crippen LogP contribution in [0.15, 0.2) is 89.5 Å². The zero-order valence-corrected chi connectivity index (χ0v) is 15.6. The van der Waals surface area contributed by atoms with Crippen LogP contribution in [0.2, 0.25) is 0 Å². The molecule has 0 aliphatic rings. The second-order valence-corrected chi connectivity index (χ2v) is 6.57. The lowest BCUT2D eigenvalue weighted by atomic mass is 10.1. The molecule has 4 rings (SSSR count). The van der Waals surface area contributed by atoms with Crippen LogP contribution < -0.4 is 5.32 Å². The fraction of sp³-hybridized carbons (Fsp3) is 0.0833. The third kappa shape index (κ3) is 4.41. The number of nitrogens with zero attached hydrogens (tertiary/aromatic N) is 1. The highest BCUT2D eigenvalue weighted by Crippen LogP contribution is 2.28. The Bertz CT molecular complexity index is 1110. The van der Waals surface area contributed by atoms with Crippen LogP contribution in [-0.4, -0.2) is 17.4 Å². The zero-order valence-electron chi connectivity index (χ0n) is 15.6. The highest BCUT2D eigenvalue weighted by Gasteiger charge is 2.16. The molecule has 5 heteroatoms. The minimum Gasteiger partial charge on any atom is -0.436 e. The third-order valence-electron chi connectivity index (χ3n) is 4.58. The van der Waals surface area contributed by atoms with E-state index in [0.29, 0.717) is 35.7 Å². The molecule has 4 aromatic rings. The van der Waals surface area contributed by atoms with Crippen molar-refractivity contribution in [2.75, 3.05) is 6.54 Å². The fourth-order valence-electron chi connectivity index (χ4n) is 3.07. The summed E-state index contributed by atoms with van der Waals surface area (Å²) in [5.41, 5.74) is 3.01. The van der Waals surface area contributed by atoms with Crippen LogP contribution >= 0.6 is 0 Å². The number of hydrogen-bond acceptors (Lipinski definition) is 3. The minimum absolute atomic E-state index is 0.206. The Morgan fingerprint density at radius 3 is 2.45 bits per heavy atom. The zero-order chi connectivity index (χ0) is 20.1. The molecular formula is C24H19FN2O2. The van der Waals surface area contributed by atoms with Crippen molar-refractivity contribution < 1.29 is 13.6 Å². The van der Waals surface area contributed by atoms with Gasteiger partial charge < -0.3 is 9.73 Å². The second-order valence-electron chi connectivity index (χ2n) is 6.57. The van der Waals surface area contributed by atoms with E-state index in [-0.39, 0.29) is 11.7 Å². The van der Waals surface area contributed by atoms with Crippen LogP contribution in [0.25, 0.3) is 22.8 Å². The van der Waals surface area contributed by atoms with E-state index >= 15 is 0 Å². The van der Waals surface area contributed by atoms with Crippen molar-refractivity contribution in [3.63, 3.8) is 0 Å². The molecule has 3 aromatic carbocycles. The lowest BCUT2D eigenvalue weighted by Crippen LogP contribution is -2.26. The number of oxazole rings is 1. The minimum atomic E-state index is -0.271. The number of carbonyl (C=O) groups excluding carboxylic acids is 1. The standard InChI is InChI=1S/C24H19FN2O2/c25-19-12-10-17(11-13-19)14-15-26-23(28)20-8-4-5-9-21(20)24-27-16-22(29-24)18-6-2-1-3-7-18/h1-13,16H,14-15H2,(H,26,28). The van der Waals surface area contributed by atoms with Gasteiger partial charge >= 0.3 is 0 Å². The van der Waals surface area contributed by atoms with Gasteiger partial charge in [0.05, 0.1) is 11.8 Å². The van der Waals surface area contributed by atoms with Gasteiger partial charge in [-0.2, -0.15) is 0 Å². The molecule has 0 saturated heterocycles. The van der Waals surface area contributed by atoms with Gasteiger partial charge in [0, 0.05) is 17.7 Å². The molecule has 0 atom stereocenters. The third-order valence-corrected chi connectivity index (χ3v) is 4.58. The number of carbonyl (C=O) groups is 1. The molecule has 0 radical (unpaired) electrons. The van der Waals surface area contributed by atoms with Gasteiger partial charge in [-0.1, -0.05) is 54.6 Å². The van der Waals surface area contributed by atoms with Crippen molar-refractivity contribution in [2.45, 2.75) is 6.42 Å². The number of amides is 1. The first kappa shape index (κ1) is 18.6. The van der Waals surface area contributed by atoms with Crippen LogP contribution in [0.4, 0.5) is 4.39 Å². The quantitative estimate of drug-likeness (QED) is 0.500. The summed E-state index contributed by atoms with van der Waals surface area (Å²) in [6.45, 7) is 0.444. The predicted molar refractivity (Wildman–Crippen MR) is 110 cm³/mol. The maximum atomic E-state index is 13.0. The average molecular weight is 386 g/mol. The molecular weight excluding hydrogens is 367 g/mol. The molecule has 0 aliphatic heterocycles. The van der Waals surface area contributed by atoms with E-state index in [1.165, 1.54) is 12.1 Å². The number of hydrogen-bond donors (Lipinski definition) is 1.